The number of nitrogens with zero attached hydrogens (tertiary/aromatic N) is 2. The van der Waals surface area contributed by atoms with Crippen LogP contribution in [0.2, 0.25) is 0 Å². The van der Waals surface area contributed by atoms with E-state index in [1.165, 1.54) is 22.3 Å². The minimum atomic E-state index is 0.0721. The standard InChI is InChI=1S/C37H45N3/c1-5-33(29-21-13-9-14-22-29)39(34(6-2)30-23-15-10-16-24-30)37(38)40(35(7-3)31-25-17-11-18-26-31)36(8-4)32-27-19-12-20-28-32/h9-28,33-36,38H,5-8H2,1-4H3. The van der Waals surface area contributed by atoms with Crippen molar-refractivity contribution >= 4 is 5.96 Å². The molecule has 0 fully saturated rings. The van der Waals surface area contributed by atoms with Gasteiger partial charge in [0.1, 0.15) is 0 Å². The Morgan fingerprint density at radius 1 is 0.425 bits per heavy atom. The van der Waals surface area contributed by atoms with Gasteiger partial charge in [-0.2, -0.15) is 0 Å². The van der Waals surface area contributed by atoms with Gasteiger partial charge in [0, 0.05) is 0 Å². The van der Waals surface area contributed by atoms with Crippen molar-refractivity contribution in [2.45, 2.75) is 77.5 Å². The fourth-order valence-corrected chi connectivity index (χ4v) is 6.23. The monoisotopic (exact) mass is 531 g/mol. The summed E-state index contributed by atoms with van der Waals surface area (Å²) in [4.78, 5) is 4.84. The van der Waals surface area contributed by atoms with Gasteiger partial charge in [-0.3, -0.25) is 5.41 Å². The highest BCUT2D eigenvalue weighted by atomic mass is 15.4. The van der Waals surface area contributed by atoms with Crippen LogP contribution in [-0.2, 0) is 0 Å². The molecule has 0 aliphatic heterocycles. The normalized spacial score (nSPS) is 14.1. The molecular formula is C37H45N3. The molecule has 0 bridgehead atoms. The smallest absolute Gasteiger partial charge is 0.195 e. The second-order valence-corrected chi connectivity index (χ2v) is 10.5. The minimum Gasteiger partial charge on any atom is -0.329 e. The van der Waals surface area contributed by atoms with E-state index in [0.29, 0.717) is 5.96 Å². The molecule has 3 nitrogen and oxygen atoms in total. The van der Waals surface area contributed by atoms with E-state index in [-0.39, 0.29) is 24.2 Å². The molecule has 4 unspecified atom stereocenters. The largest absolute Gasteiger partial charge is 0.329 e. The first-order chi connectivity index (χ1) is 19.6. The zero-order valence-electron chi connectivity index (χ0n) is 24.6. The molecule has 4 atom stereocenters. The summed E-state index contributed by atoms with van der Waals surface area (Å²) in [5.74, 6) is 0.595. The van der Waals surface area contributed by atoms with Gasteiger partial charge < -0.3 is 9.80 Å². The summed E-state index contributed by atoms with van der Waals surface area (Å²) in [6, 6.07) is 43.4. The number of hydrogen-bond acceptors (Lipinski definition) is 1. The van der Waals surface area contributed by atoms with Crippen molar-refractivity contribution in [1.29, 1.82) is 5.41 Å². The van der Waals surface area contributed by atoms with Crippen molar-refractivity contribution in [3.8, 4) is 0 Å². The highest BCUT2D eigenvalue weighted by molar-refractivity contribution is 5.79. The molecular weight excluding hydrogens is 486 g/mol. The van der Waals surface area contributed by atoms with Crippen molar-refractivity contribution in [3.63, 3.8) is 0 Å². The maximum Gasteiger partial charge on any atom is 0.195 e. The highest BCUT2D eigenvalue weighted by Crippen LogP contribution is 2.41. The Kier molecular flexibility index (Phi) is 10.6. The first-order valence-electron chi connectivity index (χ1n) is 15.0. The Labute approximate surface area is 242 Å². The van der Waals surface area contributed by atoms with Crippen LogP contribution >= 0.6 is 0 Å². The predicted octanol–water partition coefficient (Wildman–Crippen LogP) is 10.1. The average Bonchev–Trinajstić information content (AvgIpc) is 3.03. The van der Waals surface area contributed by atoms with Crippen LogP contribution in [0.4, 0.5) is 0 Å². The molecule has 0 aromatic heterocycles. The van der Waals surface area contributed by atoms with Crippen LogP contribution in [0.15, 0.2) is 121 Å². The predicted molar refractivity (Wildman–Crippen MR) is 169 cm³/mol. The minimum absolute atomic E-state index is 0.0721. The molecule has 208 valence electrons. The maximum atomic E-state index is 10.2. The summed E-state index contributed by atoms with van der Waals surface area (Å²) in [5.41, 5.74) is 5.02. The molecule has 0 aliphatic carbocycles. The Morgan fingerprint density at radius 3 is 0.800 bits per heavy atom. The Bertz CT molecular complexity index is 1080. The van der Waals surface area contributed by atoms with E-state index in [9.17, 15) is 5.41 Å². The lowest BCUT2D eigenvalue weighted by Gasteiger charge is -2.48. The number of benzene rings is 4. The summed E-state index contributed by atoms with van der Waals surface area (Å²) in [5, 5.41) is 10.2. The van der Waals surface area contributed by atoms with Gasteiger partial charge >= 0.3 is 0 Å². The van der Waals surface area contributed by atoms with Crippen LogP contribution in [0.3, 0.4) is 0 Å². The van der Waals surface area contributed by atoms with E-state index in [2.05, 4.69) is 159 Å². The van der Waals surface area contributed by atoms with E-state index in [4.69, 9.17) is 0 Å². The van der Waals surface area contributed by atoms with Gasteiger partial charge in [-0.15, -0.1) is 0 Å². The number of guanidine groups is 1. The Hall–Kier alpha value is -3.85. The molecule has 0 amide bonds. The summed E-state index contributed by atoms with van der Waals surface area (Å²) >= 11 is 0. The van der Waals surface area contributed by atoms with Crippen LogP contribution in [0, 0.1) is 5.41 Å². The maximum absolute atomic E-state index is 10.2. The SMILES string of the molecule is CCC(c1ccccc1)N(C(=N)N(C(CC)c1ccccc1)C(CC)c1ccccc1)C(CC)c1ccccc1. The van der Waals surface area contributed by atoms with Crippen molar-refractivity contribution in [3.05, 3.63) is 144 Å². The summed E-state index contributed by atoms with van der Waals surface area (Å²) in [7, 11) is 0. The third-order valence-corrected chi connectivity index (χ3v) is 8.12. The van der Waals surface area contributed by atoms with Gasteiger partial charge in [0.15, 0.2) is 5.96 Å². The number of hydrogen-bond donors (Lipinski definition) is 1. The molecule has 0 radical (unpaired) electrons. The van der Waals surface area contributed by atoms with Crippen molar-refractivity contribution < 1.29 is 0 Å². The van der Waals surface area contributed by atoms with Gasteiger partial charge in [-0.05, 0) is 47.9 Å². The number of rotatable bonds is 12. The van der Waals surface area contributed by atoms with Crippen LogP contribution < -0.4 is 0 Å². The summed E-state index contributed by atoms with van der Waals surface area (Å²) in [6.45, 7) is 9.01. The highest BCUT2D eigenvalue weighted by Gasteiger charge is 2.37. The third-order valence-electron chi connectivity index (χ3n) is 8.12. The molecule has 3 heteroatoms. The fourth-order valence-electron chi connectivity index (χ4n) is 6.23. The van der Waals surface area contributed by atoms with Crippen molar-refractivity contribution in [1.82, 2.24) is 9.80 Å². The molecule has 1 N–H and O–H groups in total. The van der Waals surface area contributed by atoms with Gasteiger partial charge in [0.2, 0.25) is 0 Å². The molecule has 40 heavy (non-hydrogen) atoms. The third kappa shape index (κ3) is 6.47. The lowest BCUT2D eigenvalue weighted by Crippen LogP contribution is -2.49. The van der Waals surface area contributed by atoms with E-state index >= 15 is 0 Å². The molecule has 0 spiro atoms. The van der Waals surface area contributed by atoms with Gasteiger partial charge in [0.25, 0.3) is 0 Å². The quantitative estimate of drug-likeness (QED) is 0.146. The summed E-state index contributed by atoms with van der Waals surface area (Å²) in [6.07, 6.45) is 3.64. The second-order valence-electron chi connectivity index (χ2n) is 10.5. The van der Waals surface area contributed by atoms with Gasteiger partial charge in [0.05, 0.1) is 24.2 Å². The second kappa shape index (κ2) is 14.5. The van der Waals surface area contributed by atoms with E-state index < -0.39 is 0 Å². The molecule has 4 rings (SSSR count). The molecule has 4 aromatic carbocycles. The van der Waals surface area contributed by atoms with Crippen LogP contribution in [-0.4, -0.2) is 15.8 Å². The zero-order valence-corrected chi connectivity index (χ0v) is 24.6. The van der Waals surface area contributed by atoms with E-state index in [1.807, 2.05) is 0 Å². The molecule has 0 saturated carbocycles. The van der Waals surface area contributed by atoms with Crippen molar-refractivity contribution in [2.75, 3.05) is 0 Å². The molecule has 0 heterocycles. The number of nitrogens with one attached hydrogen (secondary N) is 1. The molecule has 4 aromatic rings. The molecule has 0 saturated heterocycles. The summed E-state index contributed by atoms with van der Waals surface area (Å²) < 4.78 is 0. The lowest BCUT2D eigenvalue weighted by molar-refractivity contribution is 0.140. The first kappa shape index (κ1) is 29.1. The lowest BCUT2D eigenvalue weighted by atomic mass is 9.93. The van der Waals surface area contributed by atoms with E-state index in [1.54, 1.807) is 0 Å². The van der Waals surface area contributed by atoms with E-state index in [0.717, 1.165) is 25.7 Å². The Balaban J connectivity index is 1.92. The first-order valence-corrected chi connectivity index (χ1v) is 15.0. The van der Waals surface area contributed by atoms with Crippen LogP contribution in [0.25, 0.3) is 0 Å². The van der Waals surface area contributed by atoms with Crippen LogP contribution in [0.5, 0.6) is 0 Å². The van der Waals surface area contributed by atoms with Crippen molar-refractivity contribution in [2.24, 2.45) is 0 Å². The average molecular weight is 532 g/mol. The van der Waals surface area contributed by atoms with Gasteiger partial charge in [-0.1, -0.05) is 149 Å². The van der Waals surface area contributed by atoms with Crippen LogP contribution in [0.1, 0.15) is 99.8 Å². The Morgan fingerprint density at radius 2 is 0.625 bits per heavy atom. The van der Waals surface area contributed by atoms with Gasteiger partial charge in [-0.25, -0.2) is 0 Å². The molecule has 0 aliphatic rings. The topological polar surface area (TPSA) is 30.3 Å². The zero-order chi connectivity index (χ0) is 28.3. The fraction of sp³-hybridized carbons (Fsp3) is 0.324.